The highest BCUT2D eigenvalue weighted by Crippen LogP contribution is 2.27. The van der Waals surface area contributed by atoms with Crippen molar-refractivity contribution in [3.8, 4) is 0 Å². The number of aryl methyl sites for hydroxylation is 1. The van der Waals surface area contributed by atoms with Gasteiger partial charge in [0.05, 0.1) is 11.3 Å². The Labute approximate surface area is 107 Å². The molecular formula is C13H20N4O. The molecule has 2 rings (SSSR count). The zero-order chi connectivity index (χ0) is 13.1. The van der Waals surface area contributed by atoms with Crippen LogP contribution in [0.1, 0.15) is 35.3 Å². The highest BCUT2D eigenvalue weighted by atomic mass is 16.2. The van der Waals surface area contributed by atoms with Crippen LogP contribution in [-0.2, 0) is 0 Å². The first-order chi connectivity index (χ1) is 8.61. The van der Waals surface area contributed by atoms with Gasteiger partial charge in [0.1, 0.15) is 0 Å². The summed E-state index contributed by atoms with van der Waals surface area (Å²) in [7, 11) is 1.83. The monoisotopic (exact) mass is 248 g/mol. The number of rotatable bonds is 4. The van der Waals surface area contributed by atoms with Crippen molar-refractivity contribution >= 4 is 11.6 Å². The van der Waals surface area contributed by atoms with Crippen molar-refractivity contribution in [1.82, 2.24) is 9.88 Å². The SMILES string of the molecule is Cc1cc(NN)c(C(=O)N(C)CC2CCC2)cn1. The maximum Gasteiger partial charge on any atom is 0.257 e. The Hall–Kier alpha value is -1.62. The van der Waals surface area contributed by atoms with Crippen LogP contribution in [0.3, 0.4) is 0 Å². The molecule has 1 aliphatic rings. The third-order valence-corrected chi connectivity index (χ3v) is 3.53. The zero-order valence-corrected chi connectivity index (χ0v) is 10.9. The van der Waals surface area contributed by atoms with Crippen LogP contribution in [-0.4, -0.2) is 29.4 Å². The van der Waals surface area contributed by atoms with E-state index in [1.165, 1.54) is 19.3 Å². The molecule has 5 nitrogen and oxygen atoms in total. The summed E-state index contributed by atoms with van der Waals surface area (Å²) >= 11 is 0. The van der Waals surface area contributed by atoms with Gasteiger partial charge in [0.25, 0.3) is 5.91 Å². The summed E-state index contributed by atoms with van der Waals surface area (Å²) in [6.07, 6.45) is 5.33. The maximum absolute atomic E-state index is 12.3. The molecule has 1 saturated carbocycles. The van der Waals surface area contributed by atoms with Crippen LogP contribution in [0.5, 0.6) is 0 Å². The molecule has 1 heterocycles. The molecule has 1 amide bonds. The van der Waals surface area contributed by atoms with E-state index in [1.54, 1.807) is 17.2 Å². The second-order valence-electron chi connectivity index (χ2n) is 5.00. The summed E-state index contributed by atoms with van der Waals surface area (Å²) in [5, 5.41) is 0. The molecule has 1 aliphatic carbocycles. The number of anilines is 1. The van der Waals surface area contributed by atoms with Gasteiger partial charge in [-0.05, 0) is 31.7 Å². The summed E-state index contributed by atoms with van der Waals surface area (Å²) in [4.78, 5) is 18.2. The molecule has 5 heteroatoms. The molecule has 18 heavy (non-hydrogen) atoms. The first-order valence-corrected chi connectivity index (χ1v) is 6.30. The molecule has 1 fully saturated rings. The first kappa shape index (κ1) is 12.8. The lowest BCUT2D eigenvalue weighted by Gasteiger charge is -2.30. The number of pyridine rings is 1. The number of nitrogens with two attached hydrogens (primary N) is 1. The lowest BCUT2D eigenvalue weighted by molar-refractivity contribution is 0.0745. The van der Waals surface area contributed by atoms with Crippen molar-refractivity contribution in [3.05, 3.63) is 23.5 Å². The number of hydrazine groups is 1. The molecule has 0 aromatic carbocycles. The Balaban J connectivity index is 2.11. The van der Waals surface area contributed by atoms with Crippen LogP contribution in [0, 0.1) is 12.8 Å². The smallest absolute Gasteiger partial charge is 0.257 e. The summed E-state index contributed by atoms with van der Waals surface area (Å²) in [5.41, 5.74) is 4.57. The van der Waals surface area contributed by atoms with Crippen molar-refractivity contribution < 1.29 is 4.79 Å². The van der Waals surface area contributed by atoms with Gasteiger partial charge in [-0.3, -0.25) is 15.6 Å². The van der Waals surface area contributed by atoms with E-state index in [-0.39, 0.29) is 5.91 Å². The standard InChI is InChI=1S/C13H20N4O/c1-9-6-12(16-14)11(7-15-9)13(18)17(2)8-10-4-3-5-10/h6-7,10H,3-5,8,14H2,1-2H3,(H,15,16). The number of nitrogen functional groups attached to an aromatic ring is 1. The molecule has 0 atom stereocenters. The molecule has 3 N–H and O–H groups in total. The number of amides is 1. The van der Waals surface area contributed by atoms with Crippen molar-refractivity contribution in [2.45, 2.75) is 26.2 Å². The first-order valence-electron chi connectivity index (χ1n) is 6.30. The molecule has 1 aromatic heterocycles. The lowest BCUT2D eigenvalue weighted by atomic mass is 9.85. The van der Waals surface area contributed by atoms with Crippen LogP contribution < -0.4 is 11.3 Å². The fraction of sp³-hybridized carbons (Fsp3) is 0.538. The number of aromatic nitrogens is 1. The quantitative estimate of drug-likeness (QED) is 0.626. The number of carbonyl (C=O) groups is 1. The number of hydrogen-bond donors (Lipinski definition) is 2. The van der Waals surface area contributed by atoms with Crippen LogP contribution in [0.25, 0.3) is 0 Å². The summed E-state index contributed by atoms with van der Waals surface area (Å²) < 4.78 is 0. The van der Waals surface area contributed by atoms with Crippen molar-refractivity contribution in [2.75, 3.05) is 19.0 Å². The predicted molar refractivity (Wildman–Crippen MR) is 71.1 cm³/mol. The Bertz CT molecular complexity index is 443. The van der Waals surface area contributed by atoms with E-state index < -0.39 is 0 Å². The van der Waals surface area contributed by atoms with Crippen LogP contribution in [0.15, 0.2) is 12.3 Å². The van der Waals surface area contributed by atoms with Crippen LogP contribution in [0.4, 0.5) is 5.69 Å². The minimum absolute atomic E-state index is 0.0256. The Morgan fingerprint density at radius 2 is 2.33 bits per heavy atom. The van der Waals surface area contributed by atoms with Gasteiger partial charge in [-0.2, -0.15) is 0 Å². The van der Waals surface area contributed by atoms with Gasteiger partial charge in [0, 0.05) is 25.5 Å². The number of nitrogens with one attached hydrogen (secondary N) is 1. The fourth-order valence-corrected chi connectivity index (χ4v) is 2.20. The number of hydrogen-bond acceptors (Lipinski definition) is 4. The molecular weight excluding hydrogens is 228 g/mol. The summed E-state index contributed by atoms with van der Waals surface area (Å²) in [5.74, 6) is 6.08. The minimum Gasteiger partial charge on any atom is -0.341 e. The topological polar surface area (TPSA) is 71.2 Å². The maximum atomic E-state index is 12.3. The molecule has 0 spiro atoms. The largest absolute Gasteiger partial charge is 0.341 e. The Kier molecular flexibility index (Phi) is 3.81. The van der Waals surface area contributed by atoms with Gasteiger partial charge in [-0.1, -0.05) is 6.42 Å². The van der Waals surface area contributed by atoms with Crippen molar-refractivity contribution in [3.63, 3.8) is 0 Å². The van der Waals surface area contributed by atoms with E-state index >= 15 is 0 Å². The molecule has 0 unspecified atom stereocenters. The molecule has 0 radical (unpaired) electrons. The summed E-state index contributed by atoms with van der Waals surface area (Å²) in [6, 6.07) is 1.78. The fourth-order valence-electron chi connectivity index (χ4n) is 2.20. The van der Waals surface area contributed by atoms with Crippen molar-refractivity contribution in [1.29, 1.82) is 0 Å². The van der Waals surface area contributed by atoms with E-state index in [4.69, 9.17) is 5.84 Å². The molecule has 0 bridgehead atoms. The van der Waals surface area contributed by atoms with Crippen molar-refractivity contribution in [2.24, 2.45) is 11.8 Å². The van der Waals surface area contributed by atoms with Gasteiger partial charge in [0.2, 0.25) is 0 Å². The molecule has 0 aliphatic heterocycles. The third kappa shape index (κ3) is 2.61. The van der Waals surface area contributed by atoms with E-state index in [0.29, 0.717) is 17.2 Å². The van der Waals surface area contributed by atoms with Gasteiger partial charge in [0.15, 0.2) is 0 Å². The molecule has 98 valence electrons. The minimum atomic E-state index is -0.0256. The van der Waals surface area contributed by atoms with E-state index in [2.05, 4.69) is 10.4 Å². The average molecular weight is 248 g/mol. The van der Waals surface area contributed by atoms with Gasteiger partial charge >= 0.3 is 0 Å². The van der Waals surface area contributed by atoms with Crippen LogP contribution >= 0.6 is 0 Å². The molecule has 0 saturated heterocycles. The second-order valence-corrected chi connectivity index (χ2v) is 5.00. The highest BCUT2D eigenvalue weighted by Gasteiger charge is 2.23. The predicted octanol–water partition coefficient (Wildman–Crippen LogP) is 1.55. The van der Waals surface area contributed by atoms with Gasteiger partial charge in [-0.15, -0.1) is 0 Å². The molecule has 1 aromatic rings. The number of nitrogens with zero attached hydrogens (tertiary/aromatic N) is 2. The lowest BCUT2D eigenvalue weighted by Crippen LogP contribution is -2.35. The average Bonchev–Trinajstić information content (AvgIpc) is 2.32. The highest BCUT2D eigenvalue weighted by molar-refractivity contribution is 5.99. The Morgan fingerprint density at radius 3 is 2.89 bits per heavy atom. The number of carbonyl (C=O) groups excluding carboxylic acids is 1. The van der Waals surface area contributed by atoms with E-state index in [1.807, 2.05) is 14.0 Å². The van der Waals surface area contributed by atoms with Crippen LogP contribution in [0.2, 0.25) is 0 Å². The van der Waals surface area contributed by atoms with Gasteiger partial charge in [-0.25, -0.2) is 0 Å². The zero-order valence-electron chi connectivity index (χ0n) is 10.9. The third-order valence-electron chi connectivity index (χ3n) is 3.53. The Morgan fingerprint density at radius 1 is 1.61 bits per heavy atom. The summed E-state index contributed by atoms with van der Waals surface area (Å²) in [6.45, 7) is 2.68. The second kappa shape index (κ2) is 5.35. The van der Waals surface area contributed by atoms with Gasteiger partial charge < -0.3 is 10.3 Å². The van der Waals surface area contributed by atoms with E-state index in [9.17, 15) is 4.79 Å². The normalized spacial score (nSPS) is 15.1. The van der Waals surface area contributed by atoms with E-state index in [0.717, 1.165) is 12.2 Å².